The molecule has 1 aliphatic carbocycles. The summed E-state index contributed by atoms with van der Waals surface area (Å²) >= 11 is 0. The number of benzene rings is 2. The maximum absolute atomic E-state index is 5.55. The molecule has 0 aromatic heterocycles. The smallest absolute Gasteiger partial charge is 0.203 e. The summed E-state index contributed by atoms with van der Waals surface area (Å²) in [7, 11) is 4.92. The van der Waals surface area contributed by atoms with E-state index < -0.39 is 0 Å². The molecule has 0 saturated heterocycles. The van der Waals surface area contributed by atoms with Gasteiger partial charge in [0.05, 0.1) is 21.3 Å². The molecule has 1 saturated carbocycles. The molecule has 0 radical (unpaired) electrons. The summed E-state index contributed by atoms with van der Waals surface area (Å²) in [4.78, 5) is 0. The number of halogens is 1. The third-order valence-electron chi connectivity index (χ3n) is 4.80. The summed E-state index contributed by atoms with van der Waals surface area (Å²) in [5.74, 6) is 2.05. The van der Waals surface area contributed by atoms with Crippen molar-refractivity contribution in [2.24, 2.45) is 0 Å². The standard InChI is InChI=1S/C20H25NO3.ClH/c1-22-17-10-9-15(18(23-2)19(17)24-3)13-21-14-20(11-12-20)16-7-5-4-6-8-16;/h4-10,21H,11-14H2,1-3H3;1H. The zero-order valence-electron chi connectivity index (χ0n) is 15.0. The number of methoxy groups -OCH3 is 3. The van der Waals surface area contributed by atoms with Crippen molar-refractivity contribution in [2.45, 2.75) is 24.8 Å². The monoisotopic (exact) mass is 363 g/mol. The summed E-state index contributed by atoms with van der Waals surface area (Å²) in [6.07, 6.45) is 2.49. The van der Waals surface area contributed by atoms with E-state index in [0.717, 1.165) is 24.4 Å². The molecule has 3 rings (SSSR count). The molecule has 4 nitrogen and oxygen atoms in total. The van der Waals surface area contributed by atoms with Gasteiger partial charge in [0, 0.05) is 24.1 Å². The molecule has 5 heteroatoms. The fourth-order valence-electron chi connectivity index (χ4n) is 3.25. The highest BCUT2D eigenvalue weighted by Crippen LogP contribution is 2.47. The Morgan fingerprint density at radius 2 is 1.56 bits per heavy atom. The maximum Gasteiger partial charge on any atom is 0.203 e. The SMILES string of the molecule is COc1ccc(CNCC2(c3ccccc3)CC2)c(OC)c1OC.Cl. The Balaban J connectivity index is 0.00000225. The van der Waals surface area contributed by atoms with Gasteiger partial charge in [-0.25, -0.2) is 0 Å². The van der Waals surface area contributed by atoms with Crippen LogP contribution in [0.15, 0.2) is 42.5 Å². The van der Waals surface area contributed by atoms with Gasteiger partial charge in [0.2, 0.25) is 5.75 Å². The number of rotatable bonds is 8. The van der Waals surface area contributed by atoms with Gasteiger partial charge in [-0.15, -0.1) is 12.4 Å². The first kappa shape index (κ1) is 19.4. The molecular formula is C20H26ClNO3. The third kappa shape index (κ3) is 4.02. The fraction of sp³-hybridized carbons (Fsp3) is 0.400. The maximum atomic E-state index is 5.55. The Labute approximate surface area is 155 Å². The van der Waals surface area contributed by atoms with Crippen molar-refractivity contribution in [1.29, 1.82) is 0 Å². The Kier molecular flexibility index (Phi) is 6.57. The molecule has 0 spiro atoms. The fourth-order valence-corrected chi connectivity index (χ4v) is 3.25. The van der Waals surface area contributed by atoms with Gasteiger partial charge in [0.1, 0.15) is 0 Å². The van der Waals surface area contributed by atoms with E-state index in [1.165, 1.54) is 18.4 Å². The van der Waals surface area contributed by atoms with E-state index >= 15 is 0 Å². The first-order valence-corrected chi connectivity index (χ1v) is 8.28. The van der Waals surface area contributed by atoms with Crippen LogP contribution >= 0.6 is 12.4 Å². The molecule has 1 aliphatic rings. The second kappa shape index (κ2) is 8.45. The highest BCUT2D eigenvalue weighted by Gasteiger charge is 2.43. The van der Waals surface area contributed by atoms with E-state index in [2.05, 4.69) is 35.6 Å². The minimum atomic E-state index is 0. The Bertz CT molecular complexity index is 687. The lowest BCUT2D eigenvalue weighted by Crippen LogP contribution is -2.26. The molecular weight excluding hydrogens is 338 g/mol. The summed E-state index contributed by atoms with van der Waals surface area (Å²) in [6.45, 7) is 1.70. The highest BCUT2D eigenvalue weighted by atomic mass is 35.5. The van der Waals surface area contributed by atoms with Gasteiger partial charge in [0.25, 0.3) is 0 Å². The zero-order valence-corrected chi connectivity index (χ0v) is 15.8. The summed E-state index contributed by atoms with van der Waals surface area (Å²) in [5.41, 5.74) is 2.79. The van der Waals surface area contributed by atoms with Crippen molar-refractivity contribution in [1.82, 2.24) is 5.32 Å². The van der Waals surface area contributed by atoms with Crippen LogP contribution in [0.5, 0.6) is 17.2 Å². The van der Waals surface area contributed by atoms with Gasteiger partial charge in [-0.05, 0) is 24.5 Å². The van der Waals surface area contributed by atoms with Crippen LogP contribution in [0.3, 0.4) is 0 Å². The zero-order chi connectivity index (χ0) is 17.0. The molecule has 136 valence electrons. The lowest BCUT2D eigenvalue weighted by molar-refractivity contribution is 0.321. The molecule has 0 unspecified atom stereocenters. The topological polar surface area (TPSA) is 39.7 Å². The molecule has 1 N–H and O–H groups in total. The van der Waals surface area contributed by atoms with E-state index in [1.807, 2.05) is 12.1 Å². The number of hydrogen-bond acceptors (Lipinski definition) is 4. The average Bonchev–Trinajstić information content (AvgIpc) is 3.42. The summed E-state index contributed by atoms with van der Waals surface area (Å²) < 4.78 is 16.3. The molecule has 1 fully saturated rings. The molecule has 0 heterocycles. The van der Waals surface area contributed by atoms with E-state index in [-0.39, 0.29) is 12.4 Å². The first-order valence-electron chi connectivity index (χ1n) is 8.28. The second-order valence-corrected chi connectivity index (χ2v) is 6.24. The van der Waals surface area contributed by atoms with Crippen molar-refractivity contribution in [3.05, 3.63) is 53.6 Å². The quantitative estimate of drug-likeness (QED) is 0.770. The van der Waals surface area contributed by atoms with Gasteiger partial charge in [-0.2, -0.15) is 0 Å². The predicted octanol–water partition coefficient (Wildman–Crippen LogP) is 3.96. The Morgan fingerprint density at radius 3 is 2.12 bits per heavy atom. The van der Waals surface area contributed by atoms with Gasteiger partial charge in [0.15, 0.2) is 11.5 Å². The molecule has 0 aliphatic heterocycles. The van der Waals surface area contributed by atoms with Crippen LogP contribution in [-0.4, -0.2) is 27.9 Å². The van der Waals surface area contributed by atoms with Crippen LogP contribution in [0.4, 0.5) is 0 Å². The molecule has 25 heavy (non-hydrogen) atoms. The Morgan fingerprint density at radius 1 is 0.880 bits per heavy atom. The van der Waals surface area contributed by atoms with E-state index in [1.54, 1.807) is 21.3 Å². The normalized spacial score (nSPS) is 14.4. The van der Waals surface area contributed by atoms with Crippen LogP contribution in [-0.2, 0) is 12.0 Å². The van der Waals surface area contributed by atoms with Crippen LogP contribution in [0, 0.1) is 0 Å². The van der Waals surface area contributed by atoms with Crippen molar-refractivity contribution in [3.63, 3.8) is 0 Å². The van der Waals surface area contributed by atoms with Crippen LogP contribution in [0.1, 0.15) is 24.0 Å². The van der Waals surface area contributed by atoms with Gasteiger partial charge in [-0.1, -0.05) is 36.4 Å². The number of hydrogen-bond donors (Lipinski definition) is 1. The van der Waals surface area contributed by atoms with E-state index in [9.17, 15) is 0 Å². The molecule has 0 atom stereocenters. The lowest BCUT2D eigenvalue weighted by Gasteiger charge is -2.19. The molecule has 0 bridgehead atoms. The van der Waals surface area contributed by atoms with Gasteiger partial charge >= 0.3 is 0 Å². The molecule has 2 aromatic rings. The van der Waals surface area contributed by atoms with Crippen LogP contribution in [0.25, 0.3) is 0 Å². The highest BCUT2D eigenvalue weighted by molar-refractivity contribution is 5.85. The third-order valence-corrected chi connectivity index (χ3v) is 4.80. The molecule has 0 amide bonds. The van der Waals surface area contributed by atoms with Gasteiger partial charge < -0.3 is 19.5 Å². The van der Waals surface area contributed by atoms with E-state index in [0.29, 0.717) is 16.9 Å². The van der Waals surface area contributed by atoms with E-state index in [4.69, 9.17) is 14.2 Å². The van der Waals surface area contributed by atoms with Crippen LogP contribution < -0.4 is 19.5 Å². The van der Waals surface area contributed by atoms with Crippen molar-refractivity contribution in [2.75, 3.05) is 27.9 Å². The minimum absolute atomic E-state index is 0. The summed E-state index contributed by atoms with van der Waals surface area (Å²) in [6, 6.07) is 14.7. The Hall–Kier alpha value is -1.91. The average molecular weight is 364 g/mol. The number of ether oxygens (including phenoxy) is 3. The van der Waals surface area contributed by atoms with Gasteiger partial charge in [-0.3, -0.25) is 0 Å². The van der Waals surface area contributed by atoms with Crippen molar-refractivity contribution in [3.8, 4) is 17.2 Å². The lowest BCUT2D eigenvalue weighted by atomic mass is 9.96. The van der Waals surface area contributed by atoms with Crippen molar-refractivity contribution < 1.29 is 14.2 Å². The first-order chi connectivity index (χ1) is 11.7. The van der Waals surface area contributed by atoms with Crippen LogP contribution in [0.2, 0.25) is 0 Å². The second-order valence-electron chi connectivity index (χ2n) is 6.24. The number of nitrogens with one attached hydrogen (secondary N) is 1. The minimum Gasteiger partial charge on any atom is -0.493 e. The molecule has 2 aromatic carbocycles. The predicted molar refractivity (Wildman–Crippen MR) is 102 cm³/mol. The summed E-state index contributed by atoms with van der Waals surface area (Å²) in [5, 5.41) is 3.59. The van der Waals surface area contributed by atoms with Crippen molar-refractivity contribution >= 4 is 12.4 Å². The largest absolute Gasteiger partial charge is 0.493 e.